The molecule has 1 aromatic heterocycles. The molecule has 43 heavy (non-hydrogen) atoms. The highest BCUT2D eigenvalue weighted by atomic mass is 16.4. The van der Waals surface area contributed by atoms with Crippen molar-refractivity contribution in [3.8, 4) is 5.75 Å². The lowest BCUT2D eigenvalue weighted by Crippen LogP contribution is -2.57. The summed E-state index contributed by atoms with van der Waals surface area (Å²) in [4.78, 5) is 58.1. The fraction of sp³-hybridized carbons (Fsp3) is 0.345. The maximum Gasteiger partial charge on any atom is 0.326 e. The molecule has 0 aliphatic heterocycles. The highest BCUT2D eigenvalue weighted by Crippen LogP contribution is 2.19. The first-order valence-corrected chi connectivity index (χ1v) is 13.7. The van der Waals surface area contributed by atoms with Gasteiger partial charge in [0.25, 0.3) is 0 Å². The number of hydrogen-bond donors (Lipinski definition) is 9. The van der Waals surface area contributed by atoms with E-state index in [0.717, 1.165) is 16.5 Å². The number of fused-ring (bicyclic) bond motifs is 1. The van der Waals surface area contributed by atoms with Gasteiger partial charge in [-0.3, -0.25) is 19.4 Å². The quantitative estimate of drug-likeness (QED) is 0.0629. The number of para-hydroxylation sites is 1. The van der Waals surface area contributed by atoms with Crippen molar-refractivity contribution in [3.05, 3.63) is 65.9 Å². The van der Waals surface area contributed by atoms with Crippen molar-refractivity contribution in [1.29, 1.82) is 0 Å². The molecule has 3 amide bonds. The van der Waals surface area contributed by atoms with E-state index in [-0.39, 0.29) is 31.0 Å². The summed E-state index contributed by atoms with van der Waals surface area (Å²) >= 11 is 0. The predicted molar refractivity (Wildman–Crippen MR) is 161 cm³/mol. The van der Waals surface area contributed by atoms with Gasteiger partial charge in [-0.2, -0.15) is 0 Å². The molecule has 0 fully saturated rings. The summed E-state index contributed by atoms with van der Waals surface area (Å²) in [6, 6.07) is 8.94. The molecule has 230 valence electrons. The van der Waals surface area contributed by atoms with E-state index >= 15 is 0 Å². The summed E-state index contributed by atoms with van der Waals surface area (Å²) in [6.45, 7) is 1.70. The minimum absolute atomic E-state index is 0.0252. The van der Waals surface area contributed by atoms with E-state index in [2.05, 4.69) is 25.9 Å². The Morgan fingerprint density at radius 3 is 2.26 bits per heavy atom. The maximum atomic E-state index is 13.4. The van der Waals surface area contributed by atoms with Crippen molar-refractivity contribution < 1.29 is 29.4 Å². The van der Waals surface area contributed by atoms with E-state index in [9.17, 15) is 29.4 Å². The Morgan fingerprint density at radius 1 is 0.907 bits per heavy atom. The number of aromatic nitrogens is 1. The van der Waals surface area contributed by atoms with Gasteiger partial charge in [0, 0.05) is 36.5 Å². The summed E-state index contributed by atoms with van der Waals surface area (Å²) in [7, 11) is 0. The summed E-state index contributed by atoms with van der Waals surface area (Å²) in [6.07, 6.45) is 2.50. The number of hydrogen-bond acceptors (Lipinski definition) is 7. The van der Waals surface area contributed by atoms with Crippen molar-refractivity contribution >= 4 is 40.6 Å². The molecule has 0 aliphatic rings. The van der Waals surface area contributed by atoms with Crippen LogP contribution in [0.5, 0.6) is 5.75 Å². The van der Waals surface area contributed by atoms with Crippen molar-refractivity contribution in [3.63, 3.8) is 0 Å². The number of amides is 3. The number of aliphatic carboxylic acids is 1. The maximum absolute atomic E-state index is 13.4. The summed E-state index contributed by atoms with van der Waals surface area (Å²) in [5.41, 5.74) is 18.9. The van der Waals surface area contributed by atoms with Gasteiger partial charge < -0.3 is 48.3 Å². The number of carboxylic acids is 1. The molecule has 0 radical (unpaired) electrons. The molecule has 14 heteroatoms. The second-order valence-corrected chi connectivity index (χ2v) is 10.2. The molecule has 1 heterocycles. The van der Waals surface area contributed by atoms with Gasteiger partial charge in [0.1, 0.15) is 23.9 Å². The number of phenols is 1. The third-order valence-corrected chi connectivity index (χ3v) is 6.78. The zero-order valence-electron chi connectivity index (χ0n) is 23.7. The normalized spacial score (nSPS) is 13.7. The third kappa shape index (κ3) is 9.74. The van der Waals surface area contributed by atoms with Gasteiger partial charge in [-0.15, -0.1) is 0 Å². The van der Waals surface area contributed by atoms with E-state index in [0.29, 0.717) is 18.5 Å². The number of carbonyl (C=O) groups is 4. The first-order valence-electron chi connectivity index (χ1n) is 13.7. The SMILES string of the molecule is CC(NC(=O)C(Cc1c[nH]c2ccccc12)NC(=O)C(N)CCCN=C(N)N)C(=O)NC(Cc1ccc(O)cc1)C(=O)O. The number of nitrogens with two attached hydrogens (primary N) is 3. The molecule has 3 rings (SSSR count). The molecule has 2 aromatic carbocycles. The minimum atomic E-state index is -1.28. The zero-order chi connectivity index (χ0) is 31.5. The van der Waals surface area contributed by atoms with Crippen LogP contribution in [0.3, 0.4) is 0 Å². The lowest BCUT2D eigenvalue weighted by molar-refractivity contribution is -0.142. The fourth-order valence-electron chi connectivity index (χ4n) is 4.40. The second-order valence-electron chi connectivity index (χ2n) is 10.2. The van der Waals surface area contributed by atoms with Crippen LogP contribution in [0.15, 0.2) is 59.7 Å². The number of rotatable bonds is 15. The predicted octanol–water partition coefficient (Wildman–Crippen LogP) is -0.401. The summed E-state index contributed by atoms with van der Waals surface area (Å²) in [5, 5.41) is 27.7. The van der Waals surface area contributed by atoms with Crippen molar-refractivity contribution in [2.45, 2.75) is 56.8 Å². The lowest BCUT2D eigenvalue weighted by atomic mass is 10.0. The molecule has 4 atom stereocenters. The molecular formula is C29H38N8O6. The molecule has 0 spiro atoms. The van der Waals surface area contributed by atoms with Crippen LogP contribution in [0.2, 0.25) is 0 Å². The average molecular weight is 595 g/mol. The Labute approximate surface area is 248 Å². The van der Waals surface area contributed by atoms with Gasteiger partial charge in [0.05, 0.1) is 6.04 Å². The van der Waals surface area contributed by atoms with Crippen LogP contribution in [-0.2, 0) is 32.0 Å². The standard InChI is InChI=1S/C29H38N8O6/c1-16(25(39)37-24(28(42)43)13-17-8-10-19(38)11-9-17)35-27(41)23(14-18-15-34-22-7-3-2-5-20(18)22)36-26(40)21(30)6-4-12-33-29(31)32/h2-3,5,7-11,15-16,21,23-24,34,38H,4,6,12-14,30H2,1H3,(H,35,41)(H,36,40)(H,37,39)(H,42,43)(H4,31,32,33). The van der Waals surface area contributed by atoms with Crippen LogP contribution in [0.1, 0.15) is 30.9 Å². The topological polar surface area (TPSA) is 251 Å². The zero-order valence-corrected chi connectivity index (χ0v) is 23.7. The molecule has 0 aliphatic carbocycles. The number of nitrogens with zero attached hydrogens (tertiary/aromatic N) is 1. The highest BCUT2D eigenvalue weighted by Gasteiger charge is 2.29. The first kappa shape index (κ1) is 32.4. The van der Waals surface area contributed by atoms with Gasteiger partial charge in [-0.25, -0.2) is 4.79 Å². The van der Waals surface area contributed by atoms with E-state index in [4.69, 9.17) is 17.2 Å². The smallest absolute Gasteiger partial charge is 0.326 e. The van der Waals surface area contributed by atoms with Gasteiger partial charge in [-0.05, 0) is 49.1 Å². The van der Waals surface area contributed by atoms with Crippen molar-refractivity contribution in [2.24, 2.45) is 22.2 Å². The molecule has 12 N–H and O–H groups in total. The summed E-state index contributed by atoms with van der Waals surface area (Å²) in [5.74, 6) is -3.26. The second kappa shape index (κ2) is 15.2. The molecule has 14 nitrogen and oxygen atoms in total. The number of guanidine groups is 1. The molecule has 3 aromatic rings. The Morgan fingerprint density at radius 2 is 1.58 bits per heavy atom. The van der Waals surface area contributed by atoms with Crippen LogP contribution in [0, 0.1) is 0 Å². The fourth-order valence-corrected chi connectivity index (χ4v) is 4.40. The van der Waals surface area contributed by atoms with Crippen LogP contribution in [-0.4, -0.2) is 75.6 Å². The van der Waals surface area contributed by atoms with Gasteiger partial charge in [0.2, 0.25) is 17.7 Å². The Bertz CT molecular complexity index is 1450. The molecule has 4 unspecified atom stereocenters. The number of H-pyrrole nitrogens is 1. The Balaban J connectivity index is 1.70. The van der Waals surface area contributed by atoms with Crippen LogP contribution in [0.25, 0.3) is 10.9 Å². The lowest BCUT2D eigenvalue weighted by Gasteiger charge is -2.23. The number of aromatic hydroxyl groups is 1. The number of nitrogens with one attached hydrogen (secondary N) is 4. The minimum Gasteiger partial charge on any atom is -0.508 e. The van der Waals surface area contributed by atoms with Crippen molar-refractivity contribution in [2.75, 3.05) is 6.54 Å². The number of carbonyl (C=O) groups excluding carboxylic acids is 3. The number of aromatic amines is 1. The number of benzene rings is 2. The van der Waals surface area contributed by atoms with Gasteiger partial charge >= 0.3 is 5.97 Å². The summed E-state index contributed by atoms with van der Waals surface area (Å²) < 4.78 is 0. The molecule has 0 saturated heterocycles. The van der Waals surface area contributed by atoms with E-state index < -0.39 is 47.9 Å². The van der Waals surface area contributed by atoms with Crippen LogP contribution < -0.4 is 33.2 Å². The number of phenolic OH excluding ortho intramolecular Hbond substituents is 1. The Hall–Kier alpha value is -5.11. The largest absolute Gasteiger partial charge is 0.508 e. The molecule has 0 bridgehead atoms. The number of aliphatic imine (C=N–C) groups is 1. The van der Waals surface area contributed by atoms with E-state index in [1.807, 2.05) is 24.3 Å². The third-order valence-electron chi connectivity index (χ3n) is 6.78. The van der Waals surface area contributed by atoms with E-state index in [1.54, 1.807) is 18.3 Å². The molecular weight excluding hydrogens is 556 g/mol. The average Bonchev–Trinajstić information content (AvgIpc) is 3.37. The molecule has 0 saturated carbocycles. The van der Waals surface area contributed by atoms with Crippen LogP contribution >= 0.6 is 0 Å². The van der Waals surface area contributed by atoms with E-state index in [1.165, 1.54) is 19.1 Å². The van der Waals surface area contributed by atoms with Crippen LogP contribution in [0.4, 0.5) is 0 Å². The highest BCUT2D eigenvalue weighted by molar-refractivity contribution is 5.94. The van der Waals surface area contributed by atoms with Gasteiger partial charge in [0.15, 0.2) is 5.96 Å². The monoisotopic (exact) mass is 594 g/mol. The Kier molecular flexibility index (Phi) is 11.5. The van der Waals surface area contributed by atoms with Gasteiger partial charge in [-0.1, -0.05) is 30.3 Å². The van der Waals surface area contributed by atoms with Crippen molar-refractivity contribution in [1.82, 2.24) is 20.9 Å². The number of carboxylic acid groups (broad SMARTS) is 1. The first-order chi connectivity index (χ1) is 20.4.